The highest BCUT2D eigenvalue weighted by atomic mass is 35.5. The fraction of sp³-hybridized carbons (Fsp3) is 0.440. The average Bonchev–Trinajstić information content (AvgIpc) is 3.08. The summed E-state index contributed by atoms with van der Waals surface area (Å²) in [5, 5.41) is 15.0. The van der Waals surface area contributed by atoms with E-state index in [1.54, 1.807) is 24.3 Å². The fourth-order valence-corrected chi connectivity index (χ4v) is 6.54. The second-order valence-electron chi connectivity index (χ2n) is 9.30. The van der Waals surface area contributed by atoms with Crippen molar-refractivity contribution in [1.82, 2.24) is 5.43 Å². The molecule has 4 atom stereocenters. The summed E-state index contributed by atoms with van der Waals surface area (Å²) in [4.78, 5) is 12.5. The van der Waals surface area contributed by atoms with Gasteiger partial charge >= 0.3 is 0 Å². The molecule has 0 unspecified atom stereocenters. The van der Waals surface area contributed by atoms with Gasteiger partial charge in [-0.3, -0.25) is 4.79 Å². The topological polar surface area (TPSA) is 61.7 Å². The molecular weight excluding hydrogens is 396 g/mol. The van der Waals surface area contributed by atoms with Gasteiger partial charge in [-0.2, -0.15) is 5.10 Å². The highest BCUT2D eigenvalue weighted by Gasteiger charge is 2.53. The number of halogens is 1. The lowest BCUT2D eigenvalue weighted by molar-refractivity contribution is 0.0930. The van der Waals surface area contributed by atoms with Crippen LogP contribution in [0.15, 0.2) is 47.6 Å². The van der Waals surface area contributed by atoms with E-state index in [2.05, 4.69) is 23.5 Å². The first-order valence-electron chi connectivity index (χ1n) is 10.9. The maximum absolute atomic E-state index is 12.5. The number of rotatable bonds is 2. The van der Waals surface area contributed by atoms with E-state index < -0.39 is 0 Å². The number of phenolic OH excluding ortho intramolecular Hbond substituents is 1. The van der Waals surface area contributed by atoms with Gasteiger partial charge in [0.25, 0.3) is 5.91 Å². The van der Waals surface area contributed by atoms with E-state index in [0.717, 1.165) is 37.8 Å². The van der Waals surface area contributed by atoms with E-state index in [0.29, 0.717) is 34.1 Å². The first-order valence-corrected chi connectivity index (χ1v) is 11.3. The molecule has 0 spiro atoms. The molecule has 0 heterocycles. The van der Waals surface area contributed by atoms with Crippen molar-refractivity contribution in [2.24, 2.45) is 22.4 Å². The van der Waals surface area contributed by atoms with Crippen molar-refractivity contribution in [3.05, 3.63) is 64.2 Å². The van der Waals surface area contributed by atoms with Crippen LogP contribution in [0.5, 0.6) is 5.75 Å². The molecule has 3 aliphatic carbocycles. The van der Waals surface area contributed by atoms with Crippen LogP contribution < -0.4 is 5.43 Å². The maximum atomic E-state index is 12.5. The largest absolute Gasteiger partial charge is 0.508 e. The number of aromatic hydroxyl groups is 1. The summed E-state index contributed by atoms with van der Waals surface area (Å²) in [6, 6.07) is 12.9. The van der Waals surface area contributed by atoms with E-state index >= 15 is 0 Å². The lowest BCUT2D eigenvalue weighted by Crippen LogP contribution is -2.43. The Balaban J connectivity index is 1.36. The van der Waals surface area contributed by atoms with Gasteiger partial charge in [-0.1, -0.05) is 30.7 Å². The molecule has 2 aromatic carbocycles. The number of carbonyl (C=O) groups excluding carboxylic acids is 1. The van der Waals surface area contributed by atoms with E-state index in [-0.39, 0.29) is 11.3 Å². The molecule has 0 aliphatic heterocycles. The highest BCUT2D eigenvalue weighted by Crippen LogP contribution is 2.59. The van der Waals surface area contributed by atoms with Crippen LogP contribution in [-0.4, -0.2) is 16.7 Å². The minimum atomic E-state index is -0.211. The van der Waals surface area contributed by atoms with Crippen LogP contribution in [0.3, 0.4) is 0 Å². The second kappa shape index (κ2) is 7.42. The number of hydrogen-bond donors (Lipinski definition) is 2. The van der Waals surface area contributed by atoms with Crippen molar-refractivity contribution in [3.63, 3.8) is 0 Å². The molecule has 2 saturated carbocycles. The predicted octanol–water partition coefficient (Wildman–Crippen LogP) is 5.69. The molecule has 4 nitrogen and oxygen atoms in total. The quantitative estimate of drug-likeness (QED) is 0.611. The van der Waals surface area contributed by atoms with Gasteiger partial charge in [0.1, 0.15) is 5.75 Å². The SMILES string of the molecule is C[C@]12CC[C@@H]3c4ccc(O)cc4CC[C@H]3[C@@H]1CC/C2=N/NC(=O)c1cccc(Cl)c1. The molecule has 2 N–H and O–H groups in total. The molecule has 2 aromatic rings. The third kappa shape index (κ3) is 3.22. The van der Waals surface area contributed by atoms with Crippen molar-refractivity contribution < 1.29 is 9.90 Å². The van der Waals surface area contributed by atoms with Crippen molar-refractivity contribution in [2.45, 2.75) is 51.4 Å². The van der Waals surface area contributed by atoms with Gasteiger partial charge in [-0.15, -0.1) is 0 Å². The number of hydrogen-bond acceptors (Lipinski definition) is 3. The van der Waals surface area contributed by atoms with E-state index in [1.165, 1.54) is 17.5 Å². The third-order valence-corrected chi connectivity index (χ3v) is 8.07. The van der Waals surface area contributed by atoms with E-state index in [9.17, 15) is 9.90 Å². The van der Waals surface area contributed by atoms with Gasteiger partial charge in [0.15, 0.2) is 0 Å². The van der Waals surface area contributed by atoms with Crippen molar-refractivity contribution in [3.8, 4) is 5.75 Å². The molecule has 2 fully saturated rings. The van der Waals surface area contributed by atoms with Crippen molar-refractivity contribution >= 4 is 23.2 Å². The summed E-state index contributed by atoms with van der Waals surface area (Å²) in [5.74, 6) is 1.99. The molecule has 156 valence electrons. The fourth-order valence-electron chi connectivity index (χ4n) is 6.35. The number of nitrogens with zero attached hydrogens (tertiary/aromatic N) is 1. The maximum Gasteiger partial charge on any atom is 0.271 e. The van der Waals surface area contributed by atoms with Gasteiger partial charge in [0.2, 0.25) is 0 Å². The molecule has 5 rings (SSSR count). The van der Waals surface area contributed by atoms with Crippen LogP contribution in [0, 0.1) is 17.3 Å². The Kier molecular flexibility index (Phi) is 4.85. The summed E-state index contributed by atoms with van der Waals surface area (Å²) in [6.45, 7) is 2.34. The first kappa shape index (κ1) is 19.6. The molecule has 0 radical (unpaired) electrons. The van der Waals surface area contributed by atoms with E-state index in [4.69, 9.17) is 11.6 Å². The van der Waals surface area contributed by atoms with Crippen LogP contribution in [0.4, 0.5) is 0 Å². The molecule has 0 saturated heterocycles. The average molecular weight is 423 g/mol. The summed E-state index contributed by atoms with van der Waals surface area (Å²) in [6.07, 6.45) is 6.51. The number of amides is 1. The molecule has 0 aromatic heterocycles. The zero-order valence-corrected chi connectivity index (χ0v) is 18.0. The lowest BCUT2D eigenvalue weighted by atomic mass is 9.55. The number of nitrogens with one attached hydrogen (secondary N) is 1. The minimum Gasteiger partial charge on any atom is -0.508 e. The minimum absolute atomic E-state index is 0.0528. The molecule has 3 aliphatic rings. The number of hydrazone groups is 1. The van der Waals surface area contributed by atoms with Crippen LogP contribution in [0.25, 0.3) is 0 Å². The Morgan fingerprint density at radius 3 is 2.87 bits per heavy atom. The second-order valence-corrected chi connectivity index (χ2v) is 9.74. The van der Waals surface area contributed by atoms with Crippen LogP contribution in [0.1, 0.15) is 66.4 Å². The molecule has 30 heavy (non-hydrogen) atoms. The van der Waals surface area contributed by atoms with Crippen molar-refractivity contribution in [1.29, 1.82) is 0 Å². The highest BCUT2D eigenvalue weighted by molar-refractivity contribution is 6.30. The Hall–Kier alpha value is -2.33. The molecule has 0 bridgehead atoms. The standard InChI is InChI=1S/C25H27ClN2O2/c1-25-12-11-20-19-8-6-18(29)14-15(19)5-7-21(20)22(25)9-10-23(25)27-28-24(30)16-3-2-4-17(26)13-16/h2-4,6,8,13-14,20-22,29H,5,7,9-12H2,1H3,(H,28,30)/b27-23-/t20-,21-,22+,25+/m1/s1. The van der Waals surface area contributed by atoms with Crippen LogP contribution >= 0.6 is 11.6 Å². The lowest BCUT2D eigenvalue weighted by Gasteiger charge is -2.49. The molecule has 5 heteroatoms. The molecular formula is C25H27ClN2O2. The summed E-state index contributed by atoms with van der Waals surface area (Å²) < 4.78 is 0. The van der Waals surface area contributed by atoms with Crippen LogP contribution in [0.2, 0.25) is 5.02 Å². The Bertz CT molecular complexity index is 1030. The van der Waals surface area contributed by atoms with Crippen LogP contribution in [-0.2, 0) is 6.42 Å². The first-order chi connectivity index (χ1) is 14.5. The Morgan fingerprint density at radius 1 is 1.17 bits per heavy atom. The van der Waals surface area contributed by atoms with Gasteiger partial charge in [-0.05, 0) is 97.7 Å². The number of benzene rings is 2. The zero-order chi connectivity index (χ0) is 20.9. The van der Waals surface area contributed by atoms with Gasteiger partial charge in [-0.25, -0.2) is 5.43 Å². The number of phenols is 1. The summed E-state index contributed by atoms with van der Waals surface area (Å²) in [7, 11) is 0. The number of carbonyl (C=O) groups is 1. The van der Waals surface area contributed by atoms with Gasteiger partial charge in [0.05, 0.1) is 0 Å². The summed E-state index contributed by atoms with van der Waals surface area (Å²) in [5.41, 5.74) is 7.26. The monoisotopic (exact) mass is 422 g/mol. The number of fused-ring (bicyclic) bond motifs is 5. The van der Waals surface area contributed by atoms with E-state index in [1.807, 2.05) is 12.1 Å². The predicted molar refractivity (Wildman–Crippen MR) is 119 cm³/mol. The summed E-state index contributed by atoms with van der Waals surface area (Å²) >= 11 is 6.01. The van der Waals surface area contributed by atoms with Gasteiger partial charge < -0.3 is 5.11 Å². The zero-order valence-electron chi connectivity index (χ0n) is 17.2. The smallest absolute Gasteiger partial charge is 0.271 e. The van der Waals surface area contributed by atoms with Gasteiger partial charge in [0, 0.05) is 21.7 Å². The Morgan fingerprint density at radius 2 is 2.03 bits per heavy atom. The third-order valence-electron chi connectivity index (χ3n) is 7.83. The number of aryl methyl sites for hydroxylation is 1. The van der Waals surface area contributed by atoms with Crippen molar-refractivity contribution in [2.75, 3.05) is 0 Å². The molecule has 1 amide bonds. The Labute approximate surface area is 182 Å². The normalized spacial score (nSPS) is 31.0.